The summed E-state index contributed by atoms with van der Waals surface area (Å²) in [7, 11) is -3.76. The van der Waals surface area contributed by atoms with Gasteiger partial charge in [0.1, 0.15) is 5.84 Å². The molecule has 2 aliphatic rings. The standard InChI is InChI=1S/C22H17ClN4O6S2/c1-3-32-17-11-12(8-9-16(17)33-20(29)13-6-4-5-7-15(13)23)10-14-18(24)27-21(25-19(14)28)34-26-22(27)35(2,30)31/h4-11,24H,3H2,1-2H3/b14-10-,24-18?. The first kappa shape index (κ1) is 24.6. The van der Waals surface area contributed by atoms with E-state index in [2.05, 4.69) is 9.39 Å². The number of aliphatic imine (C=N–C) groups is 1. The van der Waals surface area contributed by atoms with Crippen LogP contribution in [0.1, 0.15) is 22.8 Å². The summed E-state index contributed by atoms with van der Waals surface area (Å²) in [5.74, 6) is -1.41. The molecule has 35 heavy (non-hydrogen) atoms. The van der Waals surface area contributed by atoms with Crippen LogP contribution in [0, 0.1) is 5.41 Å². The molecule has 180 valence electrons. The number of nitrogens with zero attached hydrogens (tertiary/aromatic N) is 3. The Labute approximate surface area is 209 Å². The summed E-state index contributed by atoms with van der Waals surface area (Å²) in [6.45, 7) is 2.01. The van der Waals surface area contributed by atoms with E-state index in [1.54, 1.807) is 31.2 Å². The molecule has 1 N–H and O–H groups in total. The van der Waals surface area contributed by atoms with Gasteiger partial charge in [-0.05, 0) is 42.8 Å². The number of hydrogen-bond acceptors (Lipinski definition) is 9. The quantitative estimate of drug-likeness (QED) is 0.267. The molecule has 2 aromatic carbocycles. The van der Waals surface area contributed by atoms with Gasteiger partial charge < -0.3 is 9.47 Å². The van der Waals surface area contributed by atoms with Crippen LogP contribution in [0.4, 0.5) is 0 Å². The zero-order chi connectivity index (χ0) is 25.3. The lowest BCUT2D eigenvalue weighted by atomic mass is 10.1. The second-order valence-electron chi connectivity index (χ2n) is 7.19. The highest BCUT2D eigenvalue weighted by Crippen LogP contribution is 2.33. The number of benzene rings is 2. The maximum Gasteiger partial charge on any atom is 0.345 e. The van der Waals surface area contributed by atoms with E-state index < -0.39 is 21.7 Å². The van der Waals surface area contributed by atoms with Crippen LogP contribution >= 0.6 is 23.5 Å². The molecule has 0 spiro atoms. The zero-order valence-corrected chi connectivity index (χ0v) is 20.7. The number of esters is 1. The van der Waals surface area contributed by atoms with Crippen molar-refractivity contribution in [2.45, 2.75) is 6.92 Å². The van der Waals surface area contributed by atoms with Crippen LogP contribution in [-0.4, -0.2) is 54.2 Å². The minimum atomic E-state index is -3.76. The van der Waals surface area contributed by atoms with Crippen molar-refractivity contribution in [2.75, 3.05) is 12.9 Å². The molecule has 2 aliphatic heterocycles. The van der Waals surface area contributed by atoms with Gasteiger partial charge in [0.25, 0.3) is 5.91 Å². The molecule has 0 fully saturated rings. The Morgan fingerprint density at radius 1 is 1.23 bits per heavy atom. The minimum absolute atomic E-state index is 0.00517. The number of halogens is 1. The highest BCUT2D eigenvalue weighted by Gasteiger charge is 2.41. The molecule has 0 saturated carbocycles. The molecule has 1 amide bonds. The first-order chi connectivity index (χ1) is 16.6. The van der Waals surface area contributed by atoms with Gasteiger partial charge in [0.05, 0.1) is 34.7 Å². The van der Waals surface area contributed by atoms with Gasteiger partial charge in [0.15, 0.2) is 11.5 Å². The predicted octanol–water partition coefficient (Wildman–Crippen LogP) is 3.58. The third-order valence-electron chi connectivity index (χ3n) is 4.70. The molecule has 0 atom stereocenters. The molecule has 0 aromatic heterocycles. The number of carbonyl (C=O) groups excluding carboxylic acids is 2. The Bertz CT molecular complexity index is 1470. The normalized spacial score (nSPS) is 16.7. The van der Waals surface area contributed by atoms with E-state index in [1.165, 1.54) is 24.3 Å². The number of fused-ring (bicyclic) bond motifs is 1. The lowest BCUT2D eigenvalue weighted by Crippen LogP contribution is -2.45. The third kappa shape index (κ3) is 4.99. The van der Waals surface area contributed by atoms with Crippen LogP contribution in [0.5, 0.6) is 11.5 Å². The summed E-state index contributed by atoms with van der Waals surface area (Å²) in [6, 6.07) is 11.0. The summed E-state index contributed by atoms with van der Waals surface area (Å²) in [5.41, 5.74) is 0.475. The van der Waals surface area contributed by atoms with Crippen molar-refractivity contribution in [1.29, 1.82) is 5.41 Å². The Kier molecular flexibility index (Phi) is 6.79. The van der Waals surface area contributed by atoms with Crippen molar-refractivity contribution >= 4 is 67.5 Å². The predicted molar refractivity (Wildman–Crippen MR) is 134 cm³/mol. The summed E-state index contributed by atoms with van der Waals surface area (Å²) < 4.78 is 39.0. The van der Waals surface area contributed by atoms with E-state index >= 15 is 0 Å². The number of hydrogen-bond donors (Lipinski definition) is 1. The van der Waals surface area contributed by atoms with Gasteiger partial charge >= 0.3 is 5.97 Å². The molecular weight excluding hydrogens is 516 g/mol. The van der Waals surface area contributed by atoms with Crippen LogP contribution in [0.3, 0.4) is 0 Å². The molecule has 13 heteroatoms. The van der Waals surface area contributed by atoms with Crippen LogP contribution in [0.15, 0.2) is 57.4 Å². The lowest BCUT2D eigenvalue weighted by Gasteiger charge is -2.23. The summed E-state index contributed by atoms with van der Waals surface area (Å²) in [5, 5.41) is 8.29. The van der Waals surface area contributed by atoms with E-state index in [0.29, 0.717) is 17.5 Å². The maximum absolute atomic E-state index is 12.6. The zero-order valence-electron chi connectivity index (χ0n) is 18.3. The van der Waals surface area contributed by atoms with Crippen LogP contribution in [0.25, 0.3) is 6.08 Å². The minimum Gasteiger partial charge on any atom is -0.490 e. The van der Waals surface area contributed by atoms with Crippen molar-refractivity contribution in [3.05, 3.63) is 64.2 Å². The van der Waals surface area contributed by atoms with E-state index in [9.17, 15) is 18.0 Å². The number of rotatable bonds is 5. The molecular formula is C22H17ClN4O6S2. The topological polar surface area (TPSA) is 139 Å². The summed E-state index contributed by atoms with van der Waals surface area (Å²) >= 11 is 6.78. The number of nitrogens with one attached hydrogen (secondary N) is 1. The highest BCUT2D eigenvalue weighted by atomic mass is 35.5. The van der Waals surface area contributed by atoms with Crippen LogP contribution < -0.4 is 9.47 Å². The molecule has 0 radical (unpaired) electrons. The van der Waals surface area contributed by atoms with Gasteiger partial charge in [-0.3, -0.25) is 10.2 Å². The fraction of sp³-hybridized carbons (Fsp3) is 0.136. The molecule has 2 aromatic rings. The largest absolute Gasteiger partial charge is 0.490 e. The molecule has 0 aliphatic carbocycles. The van der Waals surface area contributed by atoms with Gasteiger partial charge in [0.2, 0.25) is 20.2 Å². The van der Waals surface area contributed by atoms with Gasteiger partial charge in [-0.2, -0.15) is 9.39 Å². The monoisotopic (exact) mass is 532 g/mol. The smallest absolute Gasteiger partial charge is 0.345 e. The fourth-order valence-electron chi connectivity index (χ4n) is 3.15. The SMILES string of the molecule is CCOc1cc(/C=C2/C(=N)N3C(=NC2=O)SN=C3S(C)(=O)=O)ccc1OC(=O)c1ccccc1Cl. The van der Waals surface area contributed by atoms with Crippen molar-refractivity contribution in [1.82, 2.24) is 4.90 Å². The molecule has 0 bridgehead atoms. The lowest BCUT2D eigenvalue weighted by molar-refractivity contribution is -0.114. The Morgan fingerprint density at radius 2 is 1.97 bits per heavy atom. The van der Waals surface area contributed by atoms with E-state index in [-0.39, 0.29) is 50.4 Å². The summed E-state index contributed by atoms with van der Waals surface area (Å²) in [4.78, 5) is 30.0. The van der Waals surface area contributed by atoms with Gasteiger partial charge in [-0.15, -0.1) is 0 Å². The molecule has 4 rings (SSSR count). The van der Waals surface area contributed by atoms with Crippen molar-refractivity contribution in [3.8, 4) is 11.5 Å². The molecule has 0 saturated heterocycles. The first-order valence-corrected chi connectivity index (χ1v) is 13.1. The average molecular weight is 533 g/mol. The fourth-order valence-corrected chi connectivity index (χ4v) is 5.21. The Balaban J connectivity index is 1.66. The second-order valence-corrected chi connectivity index (χ2v) is 10.2. The first-order valence-electron chi connectivity index (χ1n) is 10.0. The van der Waals surface area contributed by atoms with E-state index in [1.807, 2.05) is 0 Å². The Hall–Kier alpha value is -3.48. The third-order valence-corrected chi connectivity index (χ3v) is 6.78. The molecule has 10 nitrogen and oxygen atoms in total. The molecule has 2 heterocycles. The number of carbonyl (C=O) groups is 2. The summed E-state index contributed by atoms with van der Waals surface area (Å²) in [6.07, 6.45) is 2.33. The molecule has 0 unspecified atom stereocenters. The van der Waals surface area contributed by atoms with Gasteiger partial charge in [0, 0.05) is 6.26 Å². The van der Waals surface area contributed by atoms with Crippen LogP contribution in [-0.2, 0) is 14.6 Å². The van der Waals surface area contributed by atoms with Crippen LogP contribution in [0.2, 0.25) is 5.02 Å². The van der Waals surface area contributed by atoms with E-state index in [0.717, 1.165) is 11.2 Å². The number of amides is 1. The van der Waals surface area contributed by atoms with E-state index in [4.69, 9.17) is 26.5 Å². The van der Waals surface area contributed by atoms with Crippen molar-refractivity contribution in [2.24, 2.45) is 9.39 Å². The number of sulfone groups is 1. The number of amidine groups is 3. The second kappa shape index (κ2) is 9.64. The Morgan fingerprint density at radius 3 is 2.66 bits per heavy atom. The van der Waals surface area contributed by atoms with Crippen molar-refractivity contribution in [3.63, 3.8) is 0 Å². The highest BCUT2D eigenvalue weighted by molar-refractivity contribution is 8.16. The number of ether oxygens (including phenoxy) is 2. The van der Waals surface area contributed by atoms with Gasteiger partial charge in [-0.25, -0.2) is 18.1 Å². The van der Waals surface area contributed by atoms with Gasteiger partial charge in [-0.1, -0.05) is 29.8 Å². The average Bonchev–Trinajstić information content (AvgIpc) is 3.23. The maximum atomic E-state index is 12.6. The van der Waals surface area contributed by atoms with Crippen molar-refractivity contribution < 1.29 is 27.5 Å².